The first-order valence-corrected chi connectivity index (χ1v) is 13.6. The molecule has 12 heteroatoms. The summed E-state index contributed by atoms with van der Waals surface area (Å²) in [4.78, 5) is 32.1. The number of carbonyl (C=O) groups is 2. The van der Waals surface area contributed by atoms with E-state index >= 15 is 0 Å². The van der Waals surface area contributed by atoms with E-state index in [2.05, 4.69) is 10.6 Å². The van der Waals surface area contributed by atoms with Gasteiger partial charge in [0.15, 0.2) is 5.75 Å². The van der Waals surface area contributed by atoms with Gasteiger partial charge in [-0.25, -0.2) is 0 Å². The molecule has 1 heterocycles. The molecule has 0 bridgehead atoms. The number of carbonyl (C=O) groups excluding carboxylic acids is 2. The SMILES string of the molecule is O=C(NCC(=O)N1CCNCC1)c1ccc(S(=O)(=O)N(Oc2ccc(Cl)cc2Cl)c2ccccc2)cc1. The van der Waals surface area contributed by atoms with E-state index in [1.165, 1.54) is 42.5 Å². The van der Waals surface area contributed by atoms with Crippen LogP contribution in [0.15, 0.2) is 77.7 Å². The number of piperazine rings is 1. The number of para-hydroxylation sites is 1. The van der Waals surface area contributed by atoms with Crippen molar-refractivity contribution in [3.05, 3.63) is 88.4 Å². The molecular weight excluding hydrogens is 539 g/mol. The van der Waals surface area contributed by atoms with Crippen LogP contribution in [0.25, 0.3) is 0 Å². The minimum atomic E-state index is -4.24. The third kappa shape index (κ3) is 6.53. The molecule has 1 saturated heterocycles. The van der Waals surface area contributed by atoms with Crippen LogP contribution in [0.2, 0.25) is 10.0 Å². The molecule has 0 atom stereocenters. The van der Waals surface area contributed by atoms with Gasteiger partial charge in [0.1, 0.15) is 0 Å². The topological polar surface area (TPSA) is 108 Å². The number of hydrogen-bond acceptors (Lipinski definition) is 6. The zero-order chi connectivity index (χ0) is 26.4. The maximum Gasteiger partial charge on any atom is 0.295 e. The lowest BCUT2D eigenvalue weighted by atomic mass is 10.2. The van der Waals surface area contributed by atoms with Crippen LogP contribution in [0.5, 0.6) is 5.75 Å². The lowest BCUT2D eigenvalue weighted by Gasteiger charge is -2.27. The summed E-state index contributed by atoms with van der Waals surface area (Å²) in [6.45, 7) is 2.45. The van der Waals surface area contributed by atoms with Gasteiger partial charge in [-0.2, -0.15) is 8.42 Å². The maximum atomic E-state index is 13.6. The molecule has 0 radical (unpaired) electrons. The molecule has 0 aromatic heterocycles. The molecule has 1 aliphatic heterocycles. The molecule has 2 amide bonds. The molecule has 194 valence electrons. The molecule has 0 saturated carbocycles. The van der Waals surface area contributed by atoms with E-state index in [0.717, 1.165) is 4.47 Å². The Morgan fingerprint density at radius 3 is 2.30 bits per heavy atom. The smallest absolute Gasteiger partial charge is 0.295 e. The van der Waals surface area contributed by atoms with E-state index in [9.17, 15) is 18.0 Å². The fraction of sp³-hybridized carbons (Fsp3) is 0.200. The van der Waals surface area contributed by atoms with Crippen molar-refractivity contribution in [3.63, 3.8) is 0 Å². The molecule has 9 nitrogen and oxygen atoms in total. The highest BCUT2D eigenvalue weighted by molar-refractivity contribution is 7.92. The molecule has 1 aliphatic rings. The van der Waals surface area contributed by atoms with Gasteiger partial charge < -0.3 is 20.4 Å². The van der Waals surface area contributed by atoms with E-state index in [1.807, 2.05) is 0 Å². The van der Waals surface area contributed by atoms with Crippen LogP contribution < -0.4 is 19.9 Å². The number of halogens is 2. The second kappa shape index (κ2) is 11.8. The Labute approximate surface area is 224 Å². The zero-order valence-electron chi connectivity index (χ0n) is 19.6. The second-order valence-electron chi connectivity index (χ2n) is 8.07. The van der Waals surface area contributed by atoms with Crippen molar-refractivity contribution < 1.29 is 22.8 Å². The Morgan fingerprint density at radius 1 is 0.973 bits per heavy atom. The summed E-state index contributed by atoms with van der Waals surface area (Å²) >= 11 is 12.2. The number of benzene rings is 3. The summed E-state index contributed by atoms with van der Waals surface area (Å²) < 4.78 is 27.9. The first-order valence-electron chi connectivity index (χ1n) is 11.4. The van der Waals surface area contributed by atoms with Gasteiger partial charge in [-0.3, -0.25) is 9.59 Å². The minimum Gasteiger partial charge on any atom is -0.363 e. The van der Waals surface area contributed by atoms with Gasteiger partial charge in [0.25, 0.3) is 15.9 Å². The van der Waals surface area contributed by atoms with Gasteiger partial charge in [0.05, 0.1) is 22.2 Å². The number of nitrogens with one attached hydrogen (secondary N) is 2. The van der Waals surface area contributed by atoms with Gasteiger partial charge >= 0.3 is 0 Å². The van der Waals surface area contributed by atoms with Crippen molar-refractivity contribution in [2.24, 2.45) is 0 Å². The Hall–Kier alpha value is -3.31. The second-order valence-corrected chi connectivity index (χ2v) is 10.7. The van der Waals surface area contributed by atoms with Crippen molar-refractivity contribution in [2.75, 3.05) is 37.2 Å². The lowest BCUT2D eigenvalue weighted by molar-refractivity contribution is -0.130. The number of nitrogens with zero attached hydrogens (tertiary/aromatic N) is 2. The largest absolute Gasteiger partial charge is 0.363 e. The predicted octanol–water partition coefficient (Wildman–Crippen LogP) is 3.34. The monoisotopic (exact) mass is 562 g/mol. The summed E-state index contributed by atoms with van der Waals surface area (Å²) in [5.74, 6) is -0.578. The molecule has 0 spiro atoms. The molecule has 1 fully saturated rings. The van der Waals surface area contributed by atoms with E-state index in [-0.39, 0.29) is 39.4 Å². The van der Waals surface area contributed by atoms with Gasteiger partial charge in [0, 0.05) is 36.8 Å². The van der Waals surface area contributed by atoms with E-state index in [1.54, 1.807) is 35.2 Å². The van der Waals surface area contributed by atoms with Crippen LogP contribution in [-0.4, -0.2) is 57.9 Å². The molecule has 4 rings (SSSR count). The first-order chi connectivity index (χ1) is 17.8. The molecular formula is C25H24Cl2N4O5S. The van der Waals surface area contributed by atoms with Gasteiger partial charge in [0.2, 0.25) is 5.91 Å². The van der Waals surface area contributed by atoms with Gasteiger partial charge in [-0.1, -0.05) is 45.9 Å². The normalized spacial score (nSPS) is 13.6. The number of sulfonamides is 1. The van der Waals surface area contributed by atoms with E-state index in [4.69, 9.17) is 28.0 Å². The summed E-state index contributed by atoms with van der Waals surface area (Å²) in [6, 6.07) is 18.0. The third-order valence-electron chi connectivity index (χ3n) is 5.54. The average molecular weight is 563 g/mol. The van der Waals surface area contributed by atoms with Crippen molar-refractivity contribution in [1.82, 2.24) is 15.5 Å². The van der Waals surface area contributed by atoms with E-state index < -0.39 is 15.9 Å². The van der Waals surface area contributed by atoms with Crippen molar-refractivity contribution in [3.8, 4) is 5.75 Å². The summed E-state index contributed by atoms with van der Waals surface area (Å²) in [7, 11) is -4.24. The quantitative estimate of drug-likeness (QED) is 0.407. The van der Waals surface area contributed by atoms with Crippen LogP contribution in [0.3, 0.4) is 0 Å². The average Bonchev–Trinajstić information content (AvgIpc) is 2.92. The maximum absolute atomic E-state index is 13.6. The number of rotatable bonds is 8. The first kappa shape index (κ1) is 26.7. The van der Waals surface area contributed by atoms with Gasteiger partial charge in [-0.05, 0) is 54.6 Å². The summed E-state index contributed by atoms with van der Waals surface area (Å²) in [6.07, 6.45) is 0. The predicted molar refractivity (Wildman–Crippen MR) is 141 cm³/mol. The fourth-order valence-corrected chi connectivity index (χ4v) is 5.28. The minimum absolute atomic E-state index is 0.0867. The number of amides is 2. The van der Waals surface area contributed by atoms with Crippen LogP contribution in [0.4, 0.5) is 5.69 Å². The highest BCUT2D eigenvalue weighted by Crippen LogP contribution is 2.32. The van der Waals surface area contributed by atoms with Gasteiger partial charge in [-0.15, -0.1) is 0 Å². The number of hydrogen-bond donors (Lipinski definition) is 2. The number of anilines is 1. The molecule has 3 aromatic carbocycles. The Morgan fingerprint density at radius 2 is 1.65 bits per heavy atom. The molecule has 37 heavy (non-hydrogen) atoms. The standard InChI is InChI=1S/C25H24Cl2N4O5S/c26-19-8-11-23(22(27)16-19)36-31(20-4-2-1-3-5-20)37(34,35)21-9-6-18(7-10-21)25(33)29-17-24(32)30-14-12-28-13-15-30/h1-11,16,28H,12-15,17H2,(H,29,33). The Kier molecular flexibility index (Phi) is 8.55. The van der Waals surface area contributed by atoms with Crippen LogP contribution >= 0.6 is 23.2 Å². The molecule has 3 aromatic rings. The summed E-state index contributed by atoms with van der Waals surface area (Å²) in [5.41, 5.74) is 0.446. The molecule has 0 unspecified atom stereocenters. The van der Waals surface area contributed by atoms with Crippen LogP contribution in [0.1, 0.15) is 10.4 Å². The Bertz CT molecular complexity index is 1370. The van der Waals surface area contributed by atoms with Crippen molar-refractivity contribution in [1.29, 1.82) is 0 Å². The molecule has 2 N–H and O–H groups in total. The lowest BCUT2D eigenvalue weighted by Crippen LogP contribution is -2.49. The Balaban J connectivity index is 1.51. The van der Waals surface area contributed by atoms with Crippen LogP contribution in [-0.2, 0) is 14.8 Å². The van der Waals surface area contributed by atoms with Crippen LogP contribution in [0, 0.1) is 0 Å². The molecule has 0 aliphatic carbocycles. The fourth-order valence-electron chi connectivity index (χ4n) is 3.59. The highest BCUT2D eigenvalue weighted by Gasteiger charge is 2.28. The highest BCUT2D eigenvalue weighted by atomic mass is 35.5. The van der Waals surface area contributed by atoms with Crippen molar-refractivity contribution in [2.45, 2.75) is 4.90 Å². The van der Waals surface area contributed by atoms with E-state index in [0.29, 0.717) is 31.2 Å². The third-order valence-corrected chi connectivity index (χ3v) is 7.67. The van der Waals surface area contributed by atoms with Crippen molar-refractivity contribution >= 4 is 50.7 Å². The summed E-state index contributed by atoms with van der Waals surface area (Å²) in [5, 5.41) is 6.25. The zero-order valence-corrected chi connectivity index (χ0v) is 21.9.